The second-order valence-corrected chi connectivity index (χ2v) is 10.1. The summed E-state index contributed by atoms with van der Waals surface area (Å²) in [5, 5.41) is 6.56. The van der Waals surface area contributed by atoms with Gasteiger partial charge in [0, 0.05) is 23.5 Å². The molecule has 3 rings (SSSR count). The Bertz CT molecular complexity index is 904. The molecule has 1 aliphatic heterocycles. The molecule has 0 aliphatic carbocycles. The Hall–Kier alpha value is -2.15. The Morgan fingerprint density at radius 2 is 1.88 bits per heavy atom. The largest absolute Gasteiger partial charge is 0.350 e. The van der Waals surface area contributed by atoms with Gasteiger partial charge in [0.1, 0.15) is 5.82 Å². The predicted octanol–water partition coefficient (Wildman–Crippen LogP) is 3.43. The highest BCUT2D eigenvalue weighted by Gasteiger charge is 2.28. The summed E-state index contributed by atoms with van der Waals surface area (Å²) in [4.78, 5) is 8.94. The summed E-state index contributed by atoms with van der Waals surface area (Å²) in [5.41, 5.74) is 3.03. The van der Waals surface area contributed by atoms with E-state index in [2.05, 4.69) is 47.4 Å². The molecule has 2 N–H and O–H groups in total. The van der Waals surface area contributed by atoms with E-state index in [0.29, 0.717) is 18.2 Å². The standard InChI is InChI=1S/C19H26N4O2S/c1-13-11-17(22-16-8-6-5-7-15(16)19(2,3)4)23-18(20-13)21-14-9-10-26(24,25)12-14/h5-8,11,14H,9-10,12H2,1-4H3,(H2,20,21,22,23). The van der Waals surface area contributed by atoms with Gasteiger partial charge < -0.3 is 10.6 Å². The van der Waals surface area contributed by atoms with Crippen molar-refractivity contribution >= 4 is 27.3 Å². The monoisotopic (exact) mass is 374 g/mol. The van der Waals surface area contributed by atoms with Crippen LogP contribution in [0.25, 0.3) is 0 Å². The fourth-order valence-electron chi connectivity index (χ4n) is 3.17. The highest BCUT2D eigenvalue weighted by molar-refractivity contribution is 7.91. The lowest BCUT2D eigenvalue weighted by molar-refractivity contribution is 0.592. The topological polar surface area (TPSA) is 84.0 Å². The Balaban J connectivity index is 1.83. The van der Waals surface area contributed by atoms with Crippen LogP contribution < -0.4 is 10.6 Å². The maximum Gasteiger partial charge on any atom is 0.225 e. The van der Waals surface area contributed by atoms with E-state index in [1.54, 1.807) is 0 Å². The van der Waals surface area contributed by atoms with Crippen molar-refractivity contribution in [3.05, 3.63) is 41.6 Å². The third-order valence-electron chi connectivity index (χ3n) is 4.42. The second kappa shape index (κ2) is 6.87. The van der Waals surface area contributed by atoms with Crippen LogP contribution in [0.5, 0.6) is 0 Å². The molecular formula is C19H26N4O2S. The number of nitrogens with zero attached hydrogens (tertiary/aromatic N) is 2. The van der Waals surface area contributed by atoms with Crippen molar-refractivity contribution in [1.29, 1.82) is 0 Å². The Morgan fingerprint density at radius 1 is 1.15 bits per heavy atom. The van der Waals surface area contributed by atoms with E-state index in [9.17, 15) is 8.42 Å². The molecule has 1 unspecified atom stereocenters. The van der Waals surface area contributed by atoms with E-state index in [-0.39, 0.29) is 23.0 Å². The molecule has 1 saturated heterocycles. The van der Waals surface area contributed by atoms with E-state index in [1.807, 2.05) is 31.2 Å². The average Bonchev–Trinajstić information content (AvgIpc) is 2.85. The van der Waals surface area contributed by atoms with Gasteiger partial charge >= 0.3 is 0 Å². The zero-order valence-electron chi connectivity index (χ0n) is 15.7. The summed E-state index contributed by atoms with van der Waals surface area (Å²) in [7, 11) is -2.94. The molecule has 1 aromatic heterocycles. The zero-order chi connectivity index (χ0) is 18.9. The van der Waals surface area contributed by atoms with Crippen LogP contribution in [0.3, 0.4) is 0 Å². The highest BCUT2D eigenvalue weighted by atomic mass is 32.2. The van der Waals surface area contributed by atoms with E-state index < -0.39 is 9.84 Å². The van der Waals surface area contributed by atoms with Crippen molar-refractivity contribution in [2.24, 2.45) is 0 Å². The number of rotatable bonds is 4. The van der Waals surface area contributed by atoms with Crippen LogP contribution in [0, 0.1) is 6.92 Å². The number of hydrogen-bond acceptors (Lipinski definition) is 6. The molecule has 7 heteroatoms. The summed E-state index contributed by atoms with van der Waals surface area (Å²) < 4.78 is 23.3. The van der Waals surface area contributed by atoms with Gasteiger partial charge in [0.25, 0.3) is 0 Å². The van der Waals surface area contributed by atoms with Crippen molar-refractivity contribution in [2.45, 2.75) is 45.6 Å². The van der Waals surface area contributed by atoms with Gasteiger partial charge in [0.2, 0.25) is 5.95 Å². The number of nitrogens with one attached hydrogen (secondary N) is 2. The maximum absolute atomic E-state index is 11.6. The third kappa shape index (κ3) is 4.52. The first kappa shape index (κ1) is 18.6. The summed E-state index contributed by atoms with van der Waals surface area (Å²) in [6.07, 6.45) is 0.593. The predicted molar refractivity (Wildman–Crippen MR) is 106 cm³/mol. The quantitative estimate of drug-likeness (QED) is 0.853. The number of sulfone groups is 1. The number of benzene rings is 1. The molecule has 2 aromatic rings. The van der Waals surface area contributed by atoms with Crippen molar-refractivity contribution in [3.63, 3.8) is 0 Å². The van der Waals surface area contributed by atoms with Gasteiger partial charge in [-0.2, -0.15) is 4.98 Å². The summed E-state index contributed by atoms with van der Waals surface area (Å²) >= 11 is 0. The second-order valence-electron chi connectivity index (χ2n) is 7.88. The van der Waals surface area contributed by atoms with Crippen LogP contribution >= 0.6 is 0 Å². The maximum atomic E-state index is 11.6. The molecule has 1 aliphatic rings. The van der Waals surface area contributed by atoms with Crippen molar-refractivity contribution in [3.8, 4) is 0 Å². The van der Waals surface area contributed by atoms with Crippen LogP contribution in [-0.2, 0) is 15.3 Å². The first-order valence-corrected chi connectivity index (χ1v) is 10.6. The molecule has 26 heavy (non-hydrogen) atoms. The molecule has 0 bridgehead atoms. The minimum Gasteiger partial charge on any atom is -0.350 e. The van der Waals surface area contributed by atoms with E-state index in [1.165, 1.54) is 5.56 Å². The smallest absolute Gasteiger partial charge is 0.225 e. The van der Waals surface area contributed by atoms with Crippen LogP contribution in [0.1, 0.15) is 38.4 Å². The lowest BCUT2D eigenvalue weighted by Gasteiger charge is -2.23. The van der Waals surface area contributed by atoms with Gasteiger partial charge in [0.05, 0.1) is 11.5 Å². The number of anilines is 3. The molecule has 0 amide bonds. The molecule has 1 aromatic carbocycles. The third-order valence-corrected chi connectivity index (χ3v) is 6.19. The SMILES string of the molecule is Cc1cc(Nc2ccccc2C(C)(C)C)nc(NC2CCS(=O)(=O)C2)n1. The van der Waals surface area contributed by atoms with Gasteiger partial charge in [-0.15, -0.1) is 0 Å². The fourth-order valence-corrected chi connectivity index (χ4v) is 4.85. The van der Waals surface area contributed by atoms with Gasteiger partial charge in [-0.3, -0.25) is 0 Å². The van der Waals surface area contributed by atoms with Crippen molar-refractivity contribution in [1.82, 2.24) is 9.97 Å². The molecule has 140 valence electrons. The first-order chi connectivity index (χ1) is 12.1. The number of hydrogen-bond donors (Lipinski definition) is 2. The molecule has 0 saturated carbocycles. The molecule has 6 nitrogen and oxygen atoms in total. The molecule has 1 atom stereocenters. The normalized spacial score (nSPS) is 19.3. The number of para-hydroxylation sites is 1. The number of aryl methyl sites for hydroxylation is 1. The lowest BCUT2D eigenvalue weighted by atomic mass is 9.86. The van der Waals surface area contributed by atoms with E-state index in [0.717, 1.165) is 11.4 Å². The van der Waals surface area contributed by atoms with Crippen LogP contribution in [-0.4, -0.2) is 35.9 Å². The van der Waals surface area contributed by atoms with Crippen molar-refractivity contribution < 1.29 is 8.42 Å². The minimum absolute atomic E-state index is 0.00492. The molecule has 0 radical (unpaired) electrons. The van der Waals surface area contributed by atoms with Crippen LogP contribution in [0.15, 0.2) is 30.3 Å². The van der Waals surface area contributed by atoms with E-state index in [4.69, 9.17) is 0 Å². The zero-order valence-corrected chi connectivity index (χ0v) is 16.5. The van der Waals surface area contributed by atoms with Gasteiger partial charge in [-0.1, -0.05) is 39.0 Å². The molecule has 2 heterocycles. The highest BCUT2D eigenvalue weighted by Crippen LogP contribution is 2.31. The van der Waals surface area contributed by atoms with E-state index >= 15 is 0 Å². The number of aromatic nitrogens is 2. The summed E-state index contributed by atoms with van der Waals surface area (Å²) in [5.74, 6) is 1.51. The van der Waals surface area contributed by atoms with Crippen molar-refractivity contribution in [2.75, 3.05) is 22.1 Å². The average molecular weight is 375 g/mol. The molecule has 0 spiro atoms. The fraction of sp³-hybridized carbons (Fsp3) is 0.474. The van der Waals surface area contributed by atoms with Gasteiger partial charge in [-0.25, -0.2) is 13.4 Å². The van der Waals surface area contributed by atoms with Crippen LogP contribution in [0.2, 0.25) is 0 Å². The Morgan fingerprint density at radius 3 is 2.54 bits per heavy atom. The molecular weight excluding hydrogens is 348 g/mol. The summed E-state index contributed by atoms with van der Waals surface area (Å²) in [6.45, 7) is 8.42. The Labute approximate surface area is 155 Å². The lowest BCUT2D eigenvalue weighted by Crippen LogP contribution is -2.22. The van der Waals surface area contributed by atoms with Gasteiger partial charge in [0.15, 0.2) is 9.84 Å². The first-order valence-electron chi connectivity index (χ1n) is 8.81. The summed E-state index contributed by atoms with van der Waals surface area (Å²) in [6, 6.07) is 9.93. The molecule has 1 fully saturated rings. The Kier molecular flexibility index (Phi) is 4.92. The minimum atomic E-state index is -2.94. The van der Waals surface area contributed by atoms with Crippen LogP contribution in [0.4, 0.5) is 17.5 Å². The van der Waals surface area contributed by atoms with Gasteiger partial charge in [-0.05, 0) is 30.4 Å².